The number of ether oxygens (including phenoxy) is 1. The van der Waals surface area contributed by atoms with Crippen molar-refractivity contribution in [2.24, 2.45) is 0 Å². The maximum absolute atomic E-state index is 14.2. The van der Waals surface area contributed by atoms with E-state index in [0.717, 1.165) is 0 Å². The number of aromatic nitrogens is 3. The molecule has 6 heteroatoms. The van der Waals surface area contributed by atoms with Gasteiger partial charge in [0.25, 0.3) is 0 Å². The molecule has 20 heavy (non-hydrogen) atoms. The van der Waals surface area contributed by atoms with Crippen molar-refractivity contribution in [2.75, 3.05) is 7.11 Å². The van der Waals surface area contributed by atoms with E-state index >= 15 is 0 Å². The van der Waals surface area contributed by atoms with E-state index in [4.69, 9.17) is 4.74 Å². The van der Waals surface area contributed by atoms with E-state index in [1.54, 1.807) is 29.2 Å². The lowest BCUT2D eigenvalue weighted by Gasteiger charge is -2.12. The van der Waals surface area contributed by atoms with Gasteiger partial charge in [0.05, 0.1) is 25.0 Å². The van der Waals surface area contributed by atoms with Crippen molar-refractivity contribution in [1.29, 1.82) is 0 Å². The van der Waals surface area contributed by atoms with Crippen LogP contribution in [0.15, 0.2) is 43.0 Å². The third-order valence-corrected chi connectivity index (χ3v) is 3.16. The summed E-state index contributed by atoms with van der Waals surface area (Å²) in [6.07, 6.45) is 5.19. The van der Waals surface area contributed by atoms with Gasteiger partial charge in [-0.3, -0.25) is 4.98 Å². The lowest BCUT2D eigenvalue weighted by Crippen LogP contribution is -2.04. The van der Waals surface area contributed by atoms with Gasteiger partial charge in [-0.2, -0.15) is 5.10 Å². The smallest absolute Gasteiger partial charge is 0.171 e. The maximum Gasteiger partial charge on any atom is 0.171 e. The first-order valence-corrected chi connectivity index (χ1v) is 6.00. The highest BCUT2D eigenvalue weighted by atomic mass is 19.1. The molecule has 1 unspecified atom stereocenters. The number of hydrogen-bond donors (Lipinski definition) is 1. The number of aliphatic hydroxyl groups is 1. The Morgan fingerprint density at radius 2 is 2.15 bits per heavy atom. The van der Waals surface area contributed by atoms with Crippen LogP contribution in [0.25, 0.3) is 5.52 Å². The molecule has 1 atom stereocenters. The van der Waals surface area contributed by atoms with Crippen molar-refractivity contribution in [3.63, 3.8) is 0 Å². The molecule has 0 saturated carbocycles. The first-order chi connectivity index (χ1) is 9.72. The van der Waals surface area contributed by atoms with Crippen LogP contribution in [0, 0.1) is 5.82 Å². The lowest BCUT2D eigenvalue weighted by atomic mass is 10.0. The lowest BCUT2D eigenvalue weighted by molar-refractivity contribution is 0.214. The third kappa shape index (κ3) is 1.90. The first-order valence-electron chi connectivity index (χ1n) is 6.00. The minimum Gasteiger partial charge on any atom is -0.494 e. The summed E-state index contributed by atoms with van der Waals surface area (Å²) in [5, 5.41) is 14.5. The van der Waals surface area contributed by atoms with Gasteiger partial charge in [-0.25, -0.2) is 8.91 Å². The zero-order valence-corrected chi connectivity index (χ0v) is 10.7. The number of halogens is 1. The van der Waals surface area contributed by atoms with E-state index in [0.29, 0.717) is 11.1 Å². The van der Waals surface area contributed by atoms with E-state index < -0.39 is 11.9 Å². The molecule has 2 aromatic heterocycles. The molecule has 5 nitrogen and oxygen atoms in total. The first kappa shape index (κ1) is 12.6. The molecule has 1 N–H and O–H groups in total. The van der Waals surface area contributed by atoms with Crippen LogP contribution in [-0.2, 0) is 0 Å². The van der Waals surface area contributed by atoms with Gasteiger partial charge in [-0.15, -0.1) is 0 Å². The van der Waals surface area contributed by atoms with Gasteiger partial charge in [0.15, 0.2) is 11.6 Å². The highest BCUT2D eigenvalue weighted by molar-refractivity contribution is 5.55. The van der Waals surface area contributed by atoms with Gasteiger partial charge in [0, 0.05) is 23.5 Å². The SMILES string of the molecule is COc1cccc(C(O)c2cnn3ccncc23)c1F. The van der Waals surface area contributed by atoms with Crippen LogP contribution < -0.4 is 4.74 Å². The Morgan fingerprint density at radius 1 is 1.30 bits per heavy atom. The fourth-order valence-corrected chi connectivity index (χ4v) is 2.13. The van der Waals surface area contributed by atoms with E-state index in [1.165, 1.54) is 25.4 Å². The van der Waals surface area contributed by atoms with Crippen LogP contribution in [-0.4, -0.2) is 26.8 Å². The second kappa shape index (κ2) is 4.90. The molecule has 0 fully saturated rings. The number of hydrogen-bond acceptors (Lipinski definition) is 4. The van der Waals surface area contributed by atoms with Gasteiger partial charge < -0.3 is 9.84 Å². The standard InChI is InChI=1S/C14H12FN3O2/c1-20-12-4-2-3-9(13(12)15)14(19)10-7-17-18-6-5-16-8-11(10)18/h2-8,14,19H,1H3. The summed E-state index contributed by atoms with van der Waals surface area (Å²) >= 11 is 0. The van der Waals surface area contributed by atoms with Crippen LogP contribution in [0.5, 0.6) is 5.75 Å². The highest BCUT2D eigenvalue weighted by Crippen LogP contribution is 2.30. The average molecular weight is 273 g/mol. The zero-order valence-electron chi connectivity index (χ0n) is 10.7. The normalized spacial score (nSPS) is 12.6. The van der Waals surface area contributed by atoms with Crippen LogP contribution in [0.2, 0.25) is 0 Å². The fraction of sp³-hybridized carbons (Fsp3) is 0.143. The summed E-state index contributed by atoms with van der Waals surface area (Å²) in [7, 11) is 1.38. The van der Waals surface area contributed by atoms with Gasteiger partial charge in [0.2, 0.25) is 0 Å². The van der Waals surface area contributed by atoms with E-state index in [-0.39, 0.29) is 11.3 Å². The summed E-state index contributed by atoms with van der Waals surface area (Å²) in [6.45, 7) is 0. The zero-order chi connectivity index (χ0) is 14.1. The number of methoxy groups -OCH3 is 1. The summed E-state index contributed by atoms with van der Waals surface area (Å²) < 4.78 is 20.7. The Hall–Kier alpha value is -2.47. The molecular formula is C14H12FN3O2. The molecule has 0 saturated heterocycles. The van der Waals surface area contributed by atoms with Crippen LogP contribution >= 0.6 is 0 Å². The number of nitrogens with zero attached hydrogens (tertiary/aromatic N) is 3. The summed E-state index contributed by atoms with van der Waals surface area (Å²) in [4.78, 5) is 3.99. The average Bonchev–Trinajstić information content (AvgIpc) is 2.91. The Balaban J connectivity index is 2.11. The van der Waals surface area contributed by atoms with Crippen molar-refractivity contribution >= 4 is 5.52 Å². The maximum atomic E-state index is 14.2. The van der Waals surface area contributed by atoms with E-state index in [9.17, 15) is 9.50 Å². The summed E-state index contributed by atoms with van der Waals surface area (Å²) in [5.41, 5.74) is 1.26. The molecule has 0 radical (unpaired) electrons. The van der Waals surface area contributed by atoms with Gasteiger partial charge in [-0.05, 0) is 6.07 Å². The second-order valence-corrected chi connectivity index (χ2v) is 4.27. The molecule has 0 amide bonds. The van der Waals surface area contributed by atoms with Gasteiger partial charge in [0.1, 0.15) is 6.10 Å². The molecule has 3 aromatic rings. The van der Waals surface area contributed by atoms with Crippen LogP contribution in [0.1, 0.15) is 17.2 Å². The topological polar surface area (TPSA) is 59.7 Å². The van der Waals surface area contributed by atoms with Crippen molar-refractivity contribution in [2.45, 2.75) is 6.10 Å². The molecule has 102 valence electrons. The Morgan fingerprint density at radius 3 is 2.95 bits per heavy atom. The Kier molecular flexibility index (Phi) is 3.08. The molecule has 0 aliphatic rings. The van der Waals surface area contributed by atoms with Crippen molar-refractivity contribution in [1.82, 2.24) is 14.6 Å². The molecular weight excluding hydrogens is 261 g/mol. The molecule has 0 aliphatic heterocycles. The molecule has 2 heterocycles. The van der Waals surface area contributed by atoms with E-state index in [2.05, 4.69) is 10.1 Å². The van der Waals surface area contributed by atoms with Crippen LogP contribution in [0.4, 0.5) is 4.39 Å². The largest absolute Gasteiger partial charge is 0.494 e. The Labute approximate surface area is 114 Å². The highest BCUT2D eigenvalue weighted by Gasteiger charge is 2.21. The van der Waals surface area contributed by atoms with Crippen molar-refractivity contribution < 1.29 is 14.2 Å². The number of rotatable bonds is 3. The second-order valence-electron chi connectivity index (χ2n) is 4.27. The summed E-state index contributed by atoms with van der Waals surface area (Å²) in [6, 6.07) is 4.65. The minimum atomic E-state index is -1.13. The predicted octanol–water partition coefficient (Wildman–Crippen LogP) is 1.96. The number of benzene rings is 1. The van der Waals surface area contributed by atoms with Gasteiger partial charge >= 0.3 is 0 Å². The molecule has 3 rings (SSSR count). The Bertz CT molecular complexity index is 757. The quantitative estimate of drug-likeness (QED) is 0.792. The summed E-state index contributed by atoms with van der Waals surface area (Å²) in [5.74, 6) is -0.484. The van der Waals surface area contributed by atoms with Gasteiger partial charge in [-0.1, -0.05) is 12.1 Å². The van der Waals surface area contributed by atoms with Crippen LogP contribution in [0.3, 0.4) is 0 Å². The molecule has 0 spiro atoms. The fourth-order valence-electron chi connectivity index (χ4n) is 2.13. The predicted molar refractivity (Wildman–Crippen MR) is 70.0 cm³/mol. The van der Waals surface area contributed by atoms with Crippen molar-refractivity contribution in [3.05, 3.63) is 59.9 Å². The molecule has 0 bridgehead atoms. The third-order valence-electron chi connectivity index (χ3n) is 3.16. The number of aliphatic hydroxyl groups excluding tert-OH is 1. The molecule has 1 aromatic carbocycles. The molecule has 0 aliphatic carbocycles. The van der Waals surface area contributed by atoms with E-state index in [1.807, 2.05) is 0 Å². The minimum absolute atomic E-state index is 0.0937. The number of fused-ring (bicyclic) bond motifs is 1. The monoisotopic (exact) mass is 273 g/mol. The van der Waals surface area contributed by atoms with Crippen molar-refractivity contribution in [3.8, 4) is 5.75 Å².